The fourth-order valence-corrected chi connectivity index (χ4v) is 3.15. The molecule has 1 aliphatic heterocycles. The Morgan fingerprint density at radius 3 is 2.62 bits per heavy atom. The SMILES string of the molecule is CNc1nc(NC(C)c2ccsc2)nc(N2CCCC2)n1. The smallest absolute Gasteiger partial charge is 0.231 e. The normalized spacial score (nSPS) is 16.0. The second-order valence-corrected chi connectivity index (χ2v) is 5.93. The van der Waals surface area contributed by atoms with Crippen molar-refractivity contribution in [3.8, 4) is 0 Å². The van der Waals surface area contributed by atoms with Gasteiger partial charge in [0.15, 0.2) is 0 Å². The van der Waals surface area contributed by atoms with Gasteiger partial charge in [0.05, 0.1) is 6.04 Å². The molecule has 1 saturated heterocycles. The molecule has 0 amide bonds. The van der Waals surface area contributed by atoms with Crippen molar-refractivity contribution >= 4 is 29.2 Å². The molecule has 0 radical (unpaired) electrons. The Labute approximate surface area is 128 Å². The Morgan fingerprint density at radius 2 is 1.95 bits per heavy atom. The molecule has 0 aliphatic carbocycles. The first-order valence-corrected chi connectivity index (χ1v) is 8.18. The van der Waals surface area contributed by atoms with E-state index in [-0.39, 0.29) is 6.04 Å². The molecule has 0 bridgehead atoms. The summed E-state index contributed by atoms with van der Waals surface area (Å²) in [5.41, 5.74) is 1.24. The maximum Gasteiger partial charge on any atom is 0.231 e. The summed E-state index contributed by atoms with van der Waals surface area (Å²) in [6.45, 7) is 4.15. The van der Waals surface area contributed by atoms with Gasteiger partial charge in [-0.3, -0.25) is 0 Å². The molecule has 2 N–H and O–H groups in total. The minimum absolute atomic E-state index is 0.176. The third-order valence-electron chi connectivity index (χ3n) is 3.62. The predicted octanol–water partition coefficient (Wildman–Crippen LogP) is 2.75. The van der Waals surface area contributed by atoms with Crippen molar-refractivity contribution in [2.45, 2.75) is 25.8 Å². The zero-order valence-electron chi connectivity index (χ0n) is 12.3. The van der Waals surface area contributed by atoms with Crippen LogP contribution in [0.2, 0.25) is 0 Å². The van der Waals surface area contributed by atoms with Crippen molar-refractivity contribution < 1.29 is 0 Å². The van der Waals surface area contributed by atoms with E-state index >= 15 is 0 Å². The summed E-state index contributed by atoms with van der Waals surface area (Å²) in [6.07, 6.45) is 2.41. The summed E-state index contributed by atoms with van der Waals surface area (Å²) >= 11 is 1.70. The molecule has 1 unspecified atom stereocenters. The molecule has 3 rings (SSSR count). The van der Waals surface area contributed by atoms with Crippen molar-refractivity contribution in [2.24, 2.45) is 0 Å². The number of thiophene rings is 1. The van der Waals surface area contributed by atoms with Gasteiger partial charge in [0, 0.05) is 20.1 Å². The zero-order chi connectivity index (χ0) is 14.7. The molecule has 0 saturated carbocycles. The highest BCUT2D eigenvalue weighted by molar-refractivity contribution is 7.07. The molecular weight excluding hydrogens is 284 g/mol. The number of rotatable bonds is 5. The first-order chi connectivity index (χ1) is 10.3. The van der Waals surface area contributed by atoms with E-state index in [1.807, 2.05) is 7.05 Å². The molecule has 112 valence electrons. The molecule has 1 fully saturated rings. The maximum atomic E-state index is 4.57. The first-order valence-electron chi connectivity index (χ1n) is 7.23. The molecule has 2 aromatic rings. The molecule has 0 spiro atoms. The number of aromatic nitrogens is 3. The molecule has 0 aromatic carbocycles. The Morgan fingerprint density at radius 1 is 1.19 bits per heavy atom. The maximum absolute atomic E-state index is 4.57. The number of anilines is 3. The van der Waals surface area contributed by atoms with Crippen LogP contribution in [-0.2, 0) is 0 Å². The lowest BCUT2D eigenvalue weighted by molar-refractivity contribution is 0.838. The van der Waals surface area contributed by atoms with Crippen LogP contribution >= 0.6 is 11.3 Å². The zero-order valence-corrected chi connectivity index (χ0v) is 13.2. The average Bonchev–Trinajstić information content (AvgIpc) is 3.19. The van der Waals surface area contributed by atoms with Crippen molar-refractivity contribution in [3.05, 3.63) is 22.4 Å². The minimum Gasteiger partial charge on any atom is -0.357 e. The second kappa shape index (κ2) is 6.26. The Hall–Kier alpha value is -1.89. The van der Waals surface area contributed by atoms with Crippen molar-refractivity contribution in [1.82, 2.24) is 15.0 Å². The van der Waals surface area contributed by atoms with Crippen LogP contribution < -0.4 is 15.5 Å². The van der Waals surface area contributed by atoms with E-state index in [1.54, 1.807) is 11.3 Å². The molecule has 3 heterocycles. The average molecular weight is 304 g/mol. The molecule has 7 heteroatoms. The quantitative estimate of drug-likeness (QED) is 0.885. The highest BCUT2D eigenvalue weighted by Crippen LogP contribution is 2.22. The van der Waals surface area contributed by atoms with Crippen molar-refractivity contribution in [3.63, 3.8) is 0 Å². The molecule has 6 nitrogen and oxygen atoms in total. The highest BCUT2D eigenvalue weighted by Gasteiger charge is 2.18. The summed E-state index contributed by atoms with van der Waals surface area (Å²) in [5.74, 6) is 1.98. The van der Waals surface area contributed by atoms with Gasteiger partial charge in [-0.2, -0.15) is 26.3 Å². The fraction of sp³-hybridized carbons (Fsp3) is 0.500. The summed E-state index contributed by atoms with van der Waals surface area (Å²) in [6, 6.07) is 2.29. The molecular formula is C14H20N6S. The van der Waals surface area contributed by atoms with Gasteiger partial charge in [-0.15, -0.1) is 0 Å². The number of hydrogen-bond donors (Lipinski definition) is 2. The van der Waals surface area contributed by atoms with E-state index < -0.39 is 0 Å². The van der Waals surface area contributed by atoms with E-state index in [2.05, 4.69) is 54.2 Å². The van der Waals surface area contributed by atoms with E-state index in [9.17, 15) is 0 Å². The van der Waals surface area contributed by atoms with Crippen LogP contribution in [0.1, 0.15) is 31.4 Å². The topological polar surface area (TPSA) is 66.0 Å². The summed E-state index contributed by atoms with van der Waals surface area (Å²) in [7, 11) is 1.83. The lowest BCUT2D eigenvalue weighted by Crippen LogP contribution is -2.22. The van der Waals surface area contributed by atoms with Gasteiger partial charge < -0.3 is 15.5 Å². The first kappa shape index (κ1) is 14.1. The highest BCUT2D eigenvalue weighted by atomic mass is 32.1. The van der Waals surface area contributed by atoms with Crippen LogP contribution in [0.5, 0.6) is 0 Å². The van der Waals surface area contributed by atoms with E-state index in [0.717, 1.165) is 19.0 Å². The summed E-state index contributed by atoms with van der Waals surface area (Å²) in [5, 5.41) is 10.6. The van der Waals surface area contributed by atoms with Crippen LogP contribution in [0.15, 0.2) is 16.8 Å². The van der Waals surface area contributed by atoms with Gasteiger partial charge >= 0.3 is 0 Å². The summed E-state index contributed by atoms with van der Waals surface area (Å²) < 4.78 is 0. The standard InChI is InChI=1S/C14H20N6S/c1-10(11-5-8-21-9-11)16-13-17-12(15-2)18-14(19-13)20-6-3-4-7-20/h5,8-10H,3-4,6-7H2,1-2H3,(H2,15,16,17,18,19). The van der Waals surface area contributed by atoms with Gasteiger partial charge in [-0.25, -0.2) is 0 Å². The molecule has 1 atom stereocenters. The molecule has 2 aromatic heterocycles. The Kier molecular flexibility index (Phi) is 4.19. The lowest BCUT2D eigenvalue weighted by atomic mass is 10.2. The fourth-order valence-electron chi connectivity index (χ4n) is 2.40. The van der Waals surface area contributed by atoms with Crippen LogP contribution in [0.25, 0.3) is 0 Å². The van der Waals surface area contributed by atoms with E-state index in [4.69, 9.17) is 0 Å². The van der Waals surface area contributed by atoms with Gasteiger partial charge in [0.2, 0.25) is 17.8 Å². The number of hydrogen-bond acceptors (Lipinski definition) is 7. The van der Waals surface area contributed by atoms with E-state index in [1.165, 1.54) is 18.4 Å². The minimum atomic E-state index is 0.176. The Balaban J connectivity index is 1.81. The van der Waals surface area contributed by atoms with Crippen LogP contribution in [0.4, 0.5) is 17.8 Å². The number of nitrogens with one attached hydrogen (secondary N) is 2. The largest absolute Gasteiger partial charge is 0.357 e. The third-order valence-corrected chi connectivity index (χ3v) is 4.33. The third kappa shape index (κ3) is 3.24. The van der Waals surface area contributed by atoms with Crippen LogP contribution in [0.3, 0.4) is 0 Å². The van der Waals surface area contributed by atoms with Crippen LogP contribution in [-0.4, -0.2) is 35.1 Å². The van der Waals surface area contributed by atoms with Gasteiger partial charge in [0.1, 0.15) is 0 Å². The lowest BCUT2D eigenvalue weighted by Gasteiger charge is -2.18. The van der Waals surface area contributed by atoms with Gasteiger partial charge in [-0.1, -0.05) is 0 Å². The monoisotopic (exact) mass is 304 g/mol. The predicted molar refractivity (Wildman–Crippen MR) is 87.2 cm³/mol. The van der Waals surface area contributed by atoms with Crippen molar-refractivity contribution in [2.75, 3.05) is 35.7 Å². The van der Waals surface area contributed by atoms with Gasteiger partial charge in [-0.05, 0) is 42.2 Å². The van der Waals surface area contributed by atoms with Crippen molar-refractivity contribution in [1.29, 1.82) is 0 Å². The Bertz CT molecular complexity index is 579. The second-order valence-electron chi connectivity index (χ2n) is 5.15. The molecule has 1 aliphatic rings. The molecule has 21 heavy (non-hydrogen) atoms. The van der Waals surface area contributed by atoms with Gasteiger partial charge in [0.25, 0.3) is 0 Å². The summed E-state index contributed by atoms with van der Waals surface area (Å²) in [4.78, 5) is 15.6. The van der Waals surface area contributed by atoms with E-state index in [0.29, 0.717) is 11.9 Å². The van der Waals surface area contributed by atoms with Crippen LogP contribution in [0, 0.1) is 0 Å². The number of nitrogens with zero attached hydrogens (tertiary/aromatic N) is 4.